The van der Waals surface area contributed by atoms with E-state index in [1.807, 2.05) is 26.1 Å². The van der Waals surface area contributed by atoms with Crippen LogP contribution in [0.3, 0.4) is 0 Å². The maximum absolute atomic E-state index is 4.37. The molecule has 0 aromatic carbocycles. The Hall–Kier alpha value is -0.930. The van der Waals surface area contributed by atoms with Crippen LogP contribution in [0.15, 0.2) is 24.4 Å². The summed E-state index contributed by atoms with van der Waals surface area (Å²) >= 11 is 0. The lowest BCUT2D eigenvalue weighted by atomic mass is 10.2. The summed E-state index contributed by atoms with van der Waals surface area (Å²) in [5.74, 6) is 0. The van der Waals surface area contributed by atoms with Gasteiger partial charge < -0.3 is 0 Å². The largest absolute Gasteiger partial charge is 0.298 e. The average Bonchev–Trinajstić information content (AvgIpc) is 2.43. The van der Waals surface area contributed by atoms with E-state index < -0.39 is 0 Å². The normalized spacial score (nSPS) is 17.4. The summed E-state index contributed by atoms with van der Waals surface area (Å²) in [4.78, 5) is 9.40. The second-order valence-electron chi connectivity index (χ2n) is 4.73. The smallest absolute Gasteiger partial charge is 0.0543 e. The highest BCUT2D eigenvalue weighted by Gasteiger charge is 2.18. The molecule has 0 unspecified atom stereocenters. The Morgan fingerprint density at radius 1 is 1.11 bits per heavy atom. The van der Waals surface area contributed by atoms with Crippen LogP contribution in [0.5, 0.6) is 0 Å². The zero-order chi connectivity index (χ0) is 13.4. The van der Waals surface area contributed by atoms with Crippen LogP contribution in [0.25, 0.3) is 0 Å². The minimum absolute atomic E-state index is 0.678. The van der Waals surface area contributed by atoms with Crippen molar-refractivity contribution in [1.82, 2.24) is 14.8 Å². The van der Waals surface area contributed by atoms with Crippen molar-refractivity contribution in [3.8, 4) is 0 Å². The average molecular weight is 249 g/mol. The number of pyridine rings is 1. The molecule has 102 valence electrons. The number of piperazine rings is 1. The van der Waals surface area contributed by atoms with Gasteiger partial charge in [-0.05, 0) is 26.0 Å². The molecule has 0 N–H and O–H groups in total. The number of rotatable bonds is 3. The van der Waals surface area contributed by atoms with Gasteiger partial charge in [-0.25, -0.2) is 0 Å². The molecule has 0 saturated carbocycles. The SMILES string of the molecule is CC.CC(C)N1CCN(Cc2ccccn2)CC1. The molecule has 0 radical (unpaired) electrons. The van der Waals surface area contributed by atoms with E-state index in [9.17, 15) is 0 Å². The zero-order valence-electron chi connectivity index (χ0n) is 12.3. The molecule has 3 nitrogen and oxygen atoms in total. The van der Waals surface area contributed by atoms with Crippen LogP contribution in [0.4, 0.5) is 0 Å². The van der Waals surface area contributed by atoms with Gasteiger partial charge >= 0.3 is 0 Å². The lowest BCUT2D eigenvalue weighted by Crippen LogP contribution is -2.48. The van der Waals surface area contributed by atoms with Gasteiger partial charge in [0.1, 0.15) is 0 Å². The quantitative estimate of drug-likeness (QED) is 0.821. The van der Waals surface area contributed by atoms with E-state index >= 15 is 0 Å². The van der Waals surface area contributed by atoms with Gasteiger partial charge in [-0.2, -0.15) is 0 Å². The molecule has 3 heteroatoms. The van der Waals surface area contributed by atoms with Crippen LogP contribution in [-0.2, 0) is 6.54 Å². The second-order valence-corrected chi connectivity index (χ2v) is 4.73. The molecule has 1 fully saturated rings. The summed E-state index contributed by atoms with van der Waals surface area (Å²) in [6.07, 6.45) is 1.87. The summed E-state index contributed by atoms with van der Waals surface area (Å²) in [6, 6.07) is 6.82. The first-order valence-electron chi connectivity index (χ1n) is 7.12. The van der Waals surface area contributed by atoms with Gasteiger partial charge in [0.25, 0.3) is 0 Å². The molecule has 2 rings (SSSR count). The topological polar surface area (TPSA) is 19.4 Å². The molecule has 0 bridgehead atoms. The molecule has 1 aromatic heterocycles. The molecule has 1 aromatic rings. The second kappa shape index (κ2) is 8.22. The van der Waals surface area contributed by atoms with Crippen LogP contribution in [0.1, 0.15) is 33.4 Å². The Labute approximate surface area is 112 Å². The van der Waals surface area contributed by atoms with Crippen LogP contribution >= 0.6 is 0 Å². The molecule has 0 atom stereocenters. The van der Waals surface area contributed by atoms with E-state index in [2.05, 4.69) is 40.8 Å². The van der Waals surface area contributed by atoms with Gasteiger partial charge in [-0.1, -0.05) is 19.9 Å². The van der Waals surface area contributed by atoms with Crippen molar-refractivity contribution in [1.29, 1.82) is 0 Å². The van der Waals surface area contributed by atoms with Gasteiger partial charge in [0.05, 0.1) is 5.69 Å². The molecule has 0 amide bonds. The molecular formula is C15H27N3. The van der Waals surface area contributed by atoms with Crippen LogP contribution in [0, 0.1) is 0 Å². The Balaban J connectivity index is 0.000000771. The van der Waals surface area contributed by atoms with Crippen LogP contribution < -0.4 is 0 Å². The predicted molar refractivity (Wildman–Crippen MR) is 77.6 cm³/mol. The minimum Gasteiger partial charge on any atom is -0.298 e. The van der Waals surface area contributed by atoms with E-state index in [-0.39, 0.29) is 0 Å². The fourth-order valence-corrected chi connectivity index (χ4v) is 2.16. The number of aromatic nitrogens is 1. The molecule has 2 heterocycles. The molecule has 1 aliphatic rings. The van der Waals surface area contributed by atoms with E-state index in [1.54, 1.807) is 0 Å². The standard InChI is InChI=1S/C13H21N3.C2H6/c1-12(2)16-9-7-15(8-10-16)11-13-5-3-4-6-14-13;1-2/h3-6,12H,7-11H2,1-2H3;1-2H3. The first kappa shape index (κ1) is 15.1. The van der Waals surface area contributed by atoms with Crippen LogP contribution in [-0.4, -0.2) is 47.0 Å². The first-order chi connectivity index (χ1) is 8.75. The molecular weight excluding hydrogens is 222 g/mol. The van der Waals surface area contributed by atoms with Crippen molar-refractivity contribution < 1.29 is 0 Å². The van der Waals surface area contributed by atoms with Crippen molar-refractivity contribution in [2.75, 3.05) is 26.2 Å². The molecule has 1 aliphatic heterocycles. The lowest BCUT2D eigenvalue weighted by Gasteiger charge is -2.36. The van der Waals surface area contributed by atoms with E-state index in [0.717, 1.165) is 19.6 Å². The Kier molecular flexibility index (Phi) is 6.91. The van der Waals surface area contributed by atoms with E-state index in [1.165, 1.54) is 18.8 Å². The third-order valence-corrected chi connectivity index (χ3v) is 3.25. The molecule has 0 aliphatic carbocycles. The maximum atomic E-state index is 4.37. The first-order valence-corrected chi connectivity index (χ1v) is 7.12. The summed E-state index contributed by atoms with van der Waals surface area (Å²) in [5, 5.41) is 0. The van der Waals surface area contributed by atoms with Crippen LogP contribution in [0.2, 0.25) is 0 Å². The third kappa shape index (κ3) is 4.75. The van der Waals surface area contributed by atoms with Crippen molar-refractivity contribution in [2.24, 2.45) is 0 Å². The molecule has 1 saturated heterocycles. The van der Waals surface area contributed by atoms with Crippen molar-refractivity contribution in [2.45, 2.75) is 40.3 Å². The number of nitrogens with zero attached hydrogens (tertiary/aromatic N) is 3. The highest BCUT2D eigenvalue weighted by Crippen LogP contribution is 2.08. The summed E-state index contributed by atoms with van der Waals surface area (Å²) in [6.45, 7) is 14.2. The highest BCUT2D eigenvalue weighted by molar-refractivity contribution is 5.03. The molecule has 0 spiro atoms. The fourth-order valence-electron chi connectivity index (χ4n) is 2.16. The Morgan fingerprint density at radius 2 is 1.78 bits per heavy atom. The Bertz CT molecular complexity index is 303. The lowest BCUT2D eigenvalue weighted by molar-refractivity contribution is 0.103. The summed E-state index contributed by atoms with van der Waals surface area (Å²) in [7, 11) is 0. The summed E-state index contributed by atoms with van der Waals surface area (Å²) in [5.41, 5.74) is 1.18. The zero-order valence-corrected chi connectivity index (χ0v) is 12.3. The van der Waals surface area contributed by atoms with Gasteiger partial charge in [0.15, 0.2) is 0 Å². The maximum Gasteiger partial charge on any atom is 0.0543 e. The third-order valence-electron chi connectivity index (χ3n) is 3.25. The van der Waals surface area contributed by atoms with Crippen molar-refractivity contribution in [3.63, 3.8) is 0 Å². The van der Waals surface area contributed by atoms with E-state index in [4.69, 9.17) is 0 Å². The van der Waals surface area contributed by atoms with Crippen molar-refractivity contribution >= 4 is 0 Å². The minimum atomic E-state index is 0.678. The predicted octanol–water partition coefficient (Wildman–Crippen LogP) is 2.63. The van der Waals surface area contributed by atoms with Gasteiger partial charge in [-0.3, -0.25) is 14.8 Å². The summed E-state index contributed by atoms with van der Waals surface area (Å²) < 4.78 is 0. The Morgan fingerprint density at radius 3 is 2.28 bits per heavy atom. The fraction of sp³-hybridized carbons (Fsp3) is 0.667. The van der Waals surface area contributed by atoms with Gasteiger partial charge in [-0.15, -0.1) is 0 Å². The molecule has 18 heavy (non-hydrogen) atoms. The van der Waals surface area contributed by atoms with E-state index in [0.29, 0.717) is 6.04 Å². The number of hydrogen-bond acceptors (Lipinski definition) is 3. The van der Waals surface area contributed by atoms with Gasteiger partial charge in [0.2, 0.25) is 0 Å². The van der Waals surface area contributed by atoms with Gasteiger partial charge in [0, 0.05) is 45.0 Å². The van der Waals surface area contributed by atoms with Crippen molar-refractivity contribution in [3.05, 3.63) is 30.1 Å². The number of hydrogen-bond donors (Lipinski definition) is 0. The highest BCUT2D eigenvalue weighted by atomic mass is 15.3. The monoisotopic (exact) mass is 249 g/mol.